The summed E-state index contributed by atoms with van der Waals surface area (Å²) in [6, 6.07) is 16.3. The molecule has 0 saturated carbocycles. The van der Waals surface area contributed by atoms with Gasteiger partial charge in [0.15, 0.2) is 16.9 Å². The Hall–Kier alpha value is -6.73. The summed E-state index contributed by atoms with van der Waals surface area (Å²) < 4.78 is 32.9. The molecule has 2 aromatic heterocycles. The van der Waals surface area contributed by atoms with Gasteiger partial charge in [-0.05, 0) is 80.3 Å². The van der Waals surface area contributed by atoms with E-state index in [0.717, 1.165) is 0 Å². The van der Waals surface area contributed by atoms with Crippen LogP contribution in [0.1, 0.15) is 68.7 Å². The van der Waals surface area contributed by atoms with E-state index in [1.807, 2.05) is 0 Å². The summed E-state index contributed by atoms with van der Waals surface area (Å²) in [5.74, 6) is -2.74. The fourth-order valence-electron chi connectivity index (χ4n) is 5.46. The molecular weight excluding hydrogens is 771 g/mol. The van der Waals surface area contributed by atoms with Gasteiger partial charge in [-0.25, -0.2) is 24.3 Å². The fourth-order valence-corrected chi connectivity index (χ4v) is 6.39. The summed E-state index contributed by atoms with van der Waals surface area (Å²) in [7, 11) is -3.93. The topological polar surface area (TPSA) is 238 Å². The van der Waals surface area contributed by atoms with Crippen LogP contribution in [0.15, 0.2) is 77.7 Å². The van der Waals surface area contributed by atoms with Crippen LogP contribution in [0.2, 0.25) is 0 Å². The van der Waals surface area contributed by atoms with Gasteiger partial charge in [-0.1, -0.05) is 36.8 Å². The predicted molar refractivity (Wildman–Crippen MR) is 210 cm³/mol. The third-order valence-corrected chi connectivity index (χ3v) is 9.69. The van der Waals surface area contributed by atoms with Crippen molar-refractivity contribution in [2.75, 3.05) is 11.9 Å². The summed E-state index contributed by atoms with van der Waals surface area (Å²) in [5.41, 5.74) is 3.32. The molecule has 58 heavy (non-hydrogen) atoms. The van der Waals surface area contributed by atoms with E-state index in [0.29, 0.717) is 33.9 Å². The Bertz CT molecular complexity index is 2470. The van der Waals surface area contributed by atoms with Crippen LogP contribution in [0.25, 0.3) is 11.2 Å². The van der Waals surface area contributed by atoms with Crippen LogP contribution < -0.4 is 20.9 Å². The molecule has 3 aromatic carbocycles. The van der Waals surface area contributed by atoms with Crippen LogP contribution in [-0.4, -0.2) is 61.3 Å². The van der Waals surface area contributed by atoms with Gasteiger partial charge in [0.05, 0.1) is 37.2 Å². The van der Waals surface area contributed by atoms with E-state index < -0.39 is 37.3 Å². The number of ketones is 1. The predicted octanol–water partition coefficient (Wildman–Crippen LogP) is 5.20. The van der Waals surface area contributed by atoms with Gasteiger partial charge in [0.2, 0.25) is 0 Å². The number of anilines is 1. The lowest BCUT2D eigenvalue weighted by Gasteiger charge is -2.15. The lowest BCUT2D eigenvalue weighted by Crippen LogP contribution is -2.41. The smallest absolute Gasteiger partial charge is 0.480 e. The van der Waals surface area contributed by atoms with Crippen molar-refractivity contribution in [1.29, 1.82) is 0 Å². The number of rotatable bonds is 19. The normalized spacial score (nSPS) is 12.4. The maximum Gasteiger partial charge on any atom is 0.538 e. The van der Waals surface area contributed by atoms with E-state index in [9.17, 15) is 33.6 Å². The highest BCUT2D eigenvalue weighted by atomic mass is 31.2. The molecule has 5 aromatic rings. The minimum absolute atomic E-state index is 0.0123. The zero-order valence-corrected chi connectivity index (χ0v) is 32.5. The Morgan fingerprint density at radius 2 is 1.71 bits per heavy atom. The second-order valence-electron chi connectivity index (χ2n) is 12.8. The Kier molecular flexibility index (Phi) is 14.2. The summed E-state index contributed by atoms with van der Waals surface area (Å²) >= 11 is 0. The second-order valence-corrected chi connectivity index (χ2v) is 14.3. The van der Waals surface area contributed by atoms with Crippen LogP contribution in [0.5, 0.6) is 5.75 Å². The van der Waals surface area contributed by atoms with Crippen molar-refractivity contribution in [2.45, 2.75) is 59.2 Å². The van der Waals surface area contributed by atoms with E-state index in [2.05, 4.69) is 35.1 Å². The number of esters is 1. The number of carbonyl (C=O) groups is 4. The maximum atomic E-state index is 13.4. The van der Waals surface area contributed by atoms with Crippen molar-refractivity contribution in [2.24, 2.45) is 0 Å². The Morgan fingerprint density at radius 3 is 2.40 bits per heavy atom. The number of aliphatic carboxylic acids is 1. The largest absolute Gasteiger partial charge is 0.538 e. The number of aromatic amines is 1. The van der Waals surface area contributed by atoms with E-state index in [4.69, 9.17) is 20.2 Å². The number of hydrogen-bond donors (Lipinski definition) is 4. The number of aromatic nitrogens is 4. The molecule has 4 N–H and O–H groups in total. The molecule has 0 aliphatic carbocycles. The molecule has 1 amide bonds. The molecule has 18 heteroatoms. The molecule has 17 nitrogen and oxygen atoms in total. The highest BCUT2D eigenvalue weighted by molar-refractivity contribution is 7.48. The minimum Gasteiger partial charge on any atom is -0.480 e. The van der Waals surface area contributed by atoms with Crippen molar-refractivity contribution >= 4 is 48.3 Å². The summed E-state index contributed by atoms with van der Waals surface area (Å²) in [6.07, 6.45) is 7.66. The highest BCUT2D eigenvalue weighted by Gasteiger charge is 2.27. The van der Waals surface area contributed by atoms with Gasteiger partial charge in [0.25, 0.3) is 11.5 Å². The first-order valence-electron chi connectivity index (χ1n) is 17.8. The number of phosphoric acid groups is 1. The number of amides is 1. The number of aryl methyl sites for hydroxylation is 2. The Morgan fingerprint density at radius 1 is 0.983 bits per heavy atom. The lowest BCUT2D eigenvalue weighted by atomic mass is 10.00. The van der Waals surface area contributed by atoms with Gasteiger partial charge < -0.3 is 30.0 Å². The number of Topliss-reactive ketones (excluding diaryl/α,β-unsaturated/α-hetero) is 1. The number of carboxylic acids is 1. The number of carbonyl (C=O) groups excluding carboxylic acids is 3. The highest BCUT2D eigenvalue weighted by Crippen LogP contribution is 2.49. The molecule has 0 spiro atoms. The lowest BCUT2D eigenvalue weighted by molar-refractivity contribution is -0.140. The summed E-state index contributed by atoms with van der Waals surface area (Å²) in [4.78, 5) is 78.8. The molecule has 0 bridgehead atoms. The number of nitrogens with zero attached hydrogens (tertiary/aromatic N) is 3. The number of terminal acetylenes is 1. The second kappa shape index (κ2) is 19.4. The molecular formula is C40H39N6O11P. The zero-order chi connectivity index (χ0) is 41.8. The standard InChI is InChI=1S/C40H39N6O11P/c1-5-54-58(53,55-6-2)56-23-27-10-8-26(9-11-27)20-33(47)31-16-7-24(3)19-34(31)57-35(48)18-17-32(40(51)52)46-38(49)28-12-14-29(15-13-28)41-21-30-22-42-37-36(45-30)39(50)44-25(4)43-37/h1,7-16,19,22,32,41H,6,17-18,20-21,23H2,2-4H3,(H,46,49)(H,51,52)(H,42,43,44,50)/t32-,58?/m0/s1. The monoisotopic (exact) mass is 810 g/mol. The number of ether oxygens (including phenoxy) is 1. The maximum absolute atomic E-state index is 13.4. The van der Waals surface area contributed by atoms with Crippen molar-refractivity contribution in [3.8, 4) is 18.3 Å². The Labute approximate surface area is 332 Å². The molecule has 0 aliphatic rings. The first-order chi connectivity index (χ1) is 27.7. The molecule has 0 saturated heterocycles. The number of carboxylic acid groups (broad SMARTS) is 1. The number of fused-ring (bicyclic) bond motifs is 1. The molecule has 300 valence electrons. The number of benzene rings is 3. The fraction of sp³-hybridized carbons (Fsp3) is 0.250. The zero-order valence-electron chi connectivity index (χ0n) is 31.6. The third kappa shape index (κ3) is 11.6. The molecule has 2 heterocycles. The van der Waals surface area contributed by atoms with Crippen LogP contribution in [-0.2, 0) is 47.3 Å². The molecule has 0 aliphatic heterocycles. The van der Waals surface area contributed by atoms with Crippen molar-refractivity contribution < 1.29 is 47.2 Å². The molecule has 0 radical (unpaired) electrons. The molecule has 1 unspecified atom stereocenters. The van der Waals surface area contributed by atoms with E-state index in [1.54, 1.807) is 75.4 Å². The minimum atomic E-state index is -3.93. The quantitative estimate of drug-likeness (QED) is 0.0276. The summed E-state index contributed by atoms with van der Waals surface area (Å²) in [6.45, 7) is 5.16. The number of hydrogen-bond acceptors (Lipinski definition) is 14. The molecule has 0 fully saturated rings. The van der Waals surface area contributed by atoms with Crippen LogP contribution in [0, 0.1) is 26.4 Å². The van der Waals surface area contributed by atoms with Crippen molar-refractivity contribution in [3.63, 3.8) is 0 Å². The SMILES string of the molecule is C#COP(=O)(OCC)OCc1ccc(CC(=O)c2ccc(C)cc2OC(=O)CC[C@H](NC(=O)c2ccc(NCc3cnc4nc(C)[nH]c(=O)c4n3)cc2)C(=O)O)cc1. The van der Waals surface area contributed by atoms with Gasteiger partial charge >= 0.3 is 19.8 Å². The van der Waals surface area contributed by atoms with Gasteiger partial charge in [-0.3, -0.25) is 28.2 Å². The summed E-state index contributed by atoms with van der Waals surface area (Å²) in [5, 5.41) is 15.4. The van der Waals surface area contributed by atoms with Crippen molar-refractivity contribution in [1.82, 2.24) is 25.3 Å². The third-order valence-electron chi connectivity index (χ3n) is 8.34. The van der Waals surface area contributed by atoms with Crippen LogP contribution in [0.4, 0.5) is 5.69 Å². The average molecular weight is 811 g/mol. The van der Waals surface area contributed by atoms with Crippen LogP contribution >= 0.6 is 7.82 Å². The van der Waals surface area contributed by atoms with Gasteiger partial charge in [0.1, 0.15) is 23.7 Å². The van der Waals surface area contributed by atoms with E-state index >= 15 is 0 Å². The number of H-pyrrole nitrogens is 1. The van der Waals surface area contributed by atoms with Crippen LogP contribution in [0.3, 0.4) is 0 Å². The first kappa shape index (κ1) is 42.4. The Balaban J connectivity index is 1.13. The molecule has 5 rings (SSSR count). The van der Waals surface area contributed by atoms with E-state index in [1.165, 1.54) is 24.4 Å². The van der Waals surface area contributed by atoms with Crippen molar-refractivity contribution in [3.05, 3.63) is 123 Å². The first-order valence-corrected chi connectivity index (χ1v) is 19.3. The van der Waals surface area contributed by atoms with Gasteiger partial charge in [-0.15, -0.1) is 0 Å². The number of phosphoric ester groups is 1. The average Bonchev–Trinajstić information content (AvgIpc) is 3.18. The van der Waals surface area contributed by atoms with E-state index in [-0.39, 0.29) is 72.8 Å². The van der Waals surface area contributed by atoms with Gasteiger partial charge in [0, 0.05) is 24.1 Å². The number of nitrogens with one attached hydrogen (secondary N) is 3. The molecule has 2 atom stereocenters. The van der Waals surface area contributed by atoms with Gasteiger partial charge in [-0.2, -0.15) is 0 Å².